The number of nitrogens with zero attached hydrogens (tertiary/aromatic N) is 1. The second-order valence-corrected chi connectivity index (χ2v) is 9.20. The number of carbonyl (C=O) groups is 1. The average Bonchev–Trinajstić information content (AvgIpc) is 2.78. The van der Waals surface area contributed by atoms with Crippen molar-refractivity contribution in [3.8, 4) is 5.75 Å². The fourth-order valence-corrected chi connectivity index (χ4v) is 4.45. The maximum Gasteiger partial charge on any atom is 0.261 e. The van der Waals surface area contributed by atoms with Gasteiger partial charge in [-0.1, -0.05) is 6.07 Å². The molecule has 2 aromatic rings. The number of sulfonamides is 1. The van der Waals surface area contributed by atoms with E-state index in [1.54, 1.807) is 44.4 Å². The Morgan fingerprint density at radius 1 is 1.16 bits per heavy atom. The molecule has 3 rings (SSSR count). The van der Waals surface area contributed by atoms with Crippen LogP contribution in [-0.2, 0) is 14.8 Å². The van der Waals surface area contributed by atoms with Gasteiger partial charge in [0.1, 0.15) is 5.75 Å². The molecule has 1 heterocycles. The van der Waals surface area contributed by atoms with E-state index in [0.717, 1.165) is 13.1 Å². The van der Waals surface area contributed by atoms with Gasteiger partial charge in [0, 0.05) is 36.9 Å². The van der Waals surface area contributed by atoms with Crippen molar-refractivity contribution < 1.29 is 22.7 Å². The van der Waals surface area contributed by atoms with Crippen LogP contribution in [0.2, 0.25) is 0 Å². The minimum atomic E-state index is -3.85. The van der Waals surface area contributed by atoms with Crippen molar-refractivity contribution in [2.45, 2.75) is 24.8 Å². The lowest BCUT2D eigenvalue weighted by Gasteiger charge is -2.32. The van der Waals surface area contributed by atoms with Gasteiger partial charge in [-0.2, -0.15) is 0 Å². The summed E-state index contributed by atoms with van der Waals surface area (Å²) in [5.74, 6) is 0.336. The standard InChI is InChI=1S/C22H29N3O5S/c1-16-4-9-20(31(27,28)24-18-5-7-19(29-3)8-6-18)14-21(16)22(26)23-15-17(2)25-10-12-30-13-11-25/h4-9,14,17,24H,10-13,15H2,1-3H3,(H,23,26). The molecule has 0 spiro atoms. The van der Waals surface area contributed by atoms with Gasteiger partial charge in [-0.3, -0.25) is 14.4 Å². The van der Waals surface area contributed by atoms with Gasteiger partial charge in [0.25, 0.3) is 15.9 Å². The zero-order valence-electron chi connectivity index (χ0n) is 18.1. The smallest absolute Gasteiger partial charge is 0.261 e. The van der Waals surface area contributed by atoms with Crippen molar-refractivity contribution in [1.82, 2.24) is 10.2 Å². The average molecular weight is 448 g/mol. The second kappa shape index (κ2) is 10.1. The van der Waals surface area contributed by atoms with Gasteiger partial charge in [-0.25, -0.2) is 8.42 Å². The third kappa shape index (κ3) is 5.96. The SMILES string of the molecule is COc1ccc(NS(=O)(=O)c2ccc(C)c(C(=O)NCC(C)N3CCOCC3)c2)cc1. The summed E-state index contributed by atoms with van der Waals surface area (Å²) >= 11 is 0. The Morgan fingerprint density at radius 2 is 1.84 bits per heavy atom. The number of ether oxygens (including phenoxy) is 2. The first-order chi connectivity index (χ1) is 14.8. The number of nitrogens with one attached hydrogen (secondary N) is 2. The van der Waals surface area contributed by atoms with Crippen LogP contribution in [-0.4, -0.2) is 65.2 Å². The second-order valence-electron chi connectivity index (χ2n) is 7.52. The third-order valence-electron chi connectivity index (χ3n) is 5.33. The van der Waals surface area contributed by atoms with Crippen molar-refractivity contribution >= 4 is 21.6 Å². The molecule has 9 heteroatoms. The maximum atomic E-state index is 12.8. The molecule has 1 fully saturated rings. The predicted octanol–water partition coefficient (Wildman–Crippen LogP) is 2.25. The molecule has 1 amide bonds. The minimum Gasteiger partial charge on any atom is -0.497 e. The lowest BCUT2D eigenvalue weighted by molar-refractivity contribution is 0.0204. The topological polar surface area (TPSA) is 97.0 Å². The number of amides is 1. The van der Waals surface area contributed by atoms with Gasteiger partial charge >= 0.3 is 0 Å². The van der Waals surface area contributed by atoms with Gasteiger partial charge in [0.15, 0.2) is 0 Å². The Bertz CT molecular complexity index is 1000. The van der Waals surface area contributed by atoms with Gasteiger partial charge < -0.3 is 14.8 Å². The highest BCUT2D eigenvalue weighted by molar-refractivity contribution is 7.92. The van der Waals surface area contributed by atoms with E-state index in [2.05, 4.69) is 21.9 Å². The van der Waals surface area contributed by atoms with E-state index in [9.17, 15) is 13.2 Å². The summed E-state index contributed by atoms with van der Waals surface area (Å²) in [6, 6.07) is 11.3. The molecule has 1 unspecified atom stereocenters. The Labute approximate surface area is 183 Å². The maximum absolute atomic E-state index is 12.8. The first kappa shape index (κ1) is 23.1. The zero-order valence-corrected chi connectivity index (χ0v) is 18.9. The molecule has 0 saturated carbocycles. The summed E-state index contributed by atoms with van der Waals surface area (Å²) in [6.07, 6.45) is 0. The van der Waals surface area contributed by atoms with Crippen molar-refractivity contribution in [1.29, 1.82) is 0 Å². The summed E-state index contributed by atoms with van der Waals surface area (Å²) in [5.41, 5.74) is 1.46. The monoisotopic (exact) mass is 447 g/mol. The largest absolute Gasteiger partial charge is 0.497 e. The summed E-state index contributed by atoms with van der Waals surface area (Å²) < 4.78 is 38.6. The number of hydrogen-bond acceptors (Lipinski definition) is 6. The molecular formula is C22H29N3O5S. The Hall–Kier alpha value is -2.62. The van der Waals surface area contributed by atoms with Crippen LogP contribution in [0.25, 0.3) is 0 Å². The highest BCUT2D eigenvalue weighted by Crippen LogP contribution is 2.21. The summed E-state index contributed by atoms with van der Waals surface area (Å²) in [7, 11) is -2.31. The Balaban J connectivity index is 1.69. The van der Waals surface area contributed by atoms with Crippen LogP contribution in [0.4, 0.5) is 5.69 Å². The van der Waals surface area contributed by atoms with Crippen molar-refractivity contribution in [2.24, 2.45) is 0 Å². The van der Waals surface area contributed by atoms with E-state index < -0.39 is 10.0 Å². The summed E-state index contributed by atoms with van der Waals surface area (Å²) in [6.45, 7) is 7.36. The fourth-order valence-electron chi connectivity index (χ4n) is 3.37. The molecule has 8 nitrogen and oxygen atoms in total. The van der Waals surface area contributed by atoms with Gasteiger partial charge in [0.2, 0.25) is 0 Å². The molecule has 2 aromatic carbocycles. The van der Waals surface area contributed by atoms with Crippen molar-refractivity contribution in [3.05, 3.63) is 53.6 Å². The number of hydrogen-bond donors (Lipinski definition) is 2. The molecule has 1 aliphatic heterocycles. The fraction of sp³-hybridized carbons (Fsp3) is 0.409. The first-order valence-corrected chi connectivity index (χ1v) is 11.7. The molecule has 0 bridgehead atoms. The quantitative estimate of drug-likeness (QED) is 0.644. The molecule has 0 aliphatic carbocycles. The molecular weight excluding hydrogens is 418 g/mol. The molecule has 31 heavy (non-hydrogen) atoms. The highest BCUT2D eigenvalue weighted by atomic mass is 32.2. The molecule has 0 aromatic heterocycles. The molecule has 1 saturated heterocycles. The van der Waals surface area contributed by atoms with Crippen LogP contribution in [0, 0.1) is 6.92 Å². The van der Waals surface area contributed by atoms with Gasteiger partial charge in [-0.05, 0) is 55.8 Å². The van der Waals surface area contributed by atoms with Crippen LogP contribution in [0.15, 0.2) is 47.4 Å². The van der Waals surface area contributed by atoms with Crippen molar-refractivity contribution in [3.63, 3.8) is 0 Å². The Kier molecular flexibility index (Phi) is 7.53. The zero-order chi connectivity index (χ0) is 22.4. The van der Waals surface area contributed by atoms with Crippen LogP contribution in [0.5, 0.6) is 5.75 Å². The van der Waals surface area contributed by atoms with E-state index in [1.165, 1.54) is 12.1 Å². The van der Waals surface area contributed by atoms with Crippen molar-refractivity contribution in [2.75, 3.05) is 44.7 Å². The van der Waals surface area contributed by atoms with E-state index in [-0.39, 0.29) is 16.8 Å². The predicted molar refractivity (Wildman–Crippen MR) is 119 cm³/mol. The molecule has 168 valence electrons. The molecule has 1 aliphatic rings. The van der Waals surface area contributed by atoms with E-state index in [4.69, 9.17) is 9.47 Å². The lowest BCUT2D eigenvalue weighted by atomic mass is 10.1. The van der Waals surface area contributed by atoms with E-state index in [1.807, 2.05) is 0 Å². The highest BCUT2D eigenvalue weighted by Gasteiger charge is 2.21. The third-order valence-corrected chi connectivity index (χ3v) is 6.71. The first-order valence-electron chi connectivity index (χ1n) is 10.2. The number of morpholine rings is 1. The lowest BCUT2D eigenvalue weighted by Crippen LogP contribution is -2.47. The van der Waals surface area contributed by atoms with Gasteiger partial charge in [0.05, 0.1) is 25.2 Å². The Morgan fingerprint density at radius 3 is 2.48 bits per heavy atom. The molecule has 0 radical (unpaired) electrons. The number of methoxy groups -OCH3 is 1. The van der Waals surface area contributed by atoms with Crippen LogP contribution in [0.1, 0.15) is 22.8 Å². The number of rotatable bonds is 8. The normalized spacial score (nSPS) is 15.8. The minimum absolute atomic E-state index is 0.0281. The number of anilines is 1. The molecule has 1 atom stereocenters. The van der Waals surface area contributed by atoms with E-state index in [0.29, 0.717) is 42.3 Å². The number of aryl methyl sites for hydroxylation is 1. The van der Waals surface area contributed by atoms with Crippen LogP contribution in [0.3, 0.4) is 0 Å². The summed E-state index contributed by atoms with van der Waals surface area (Å²) in [5, 5.41) is 2.93. The van der Waals surface area contributed by atoms with Gasteiger partial charge in [-0.15, -0.1) is 0 Å². The number of benzene rings is 2. The van der Waals surface area contributed by atoms with Crippen LogP contribution >= 0.6 is 0 Å². The summed E-state index contributed by atoms with van der Waals surface area (Å²) in [4.78, 5) is 15.1. The number of carbonyl (C=O) groups excluding carboxylic acids is 1. The van der Waals surface area contributed by atoms with E-state index >= 15 is 0 Å². The van der Waals surface area contributed by atoms with Crippen LogP contribution < -0.4 is 14.8 Å². The molecule has 2 N–H and O–H groups in total.